The maximum absolute atomic E-state index is 13.4. The molecule has 4 N–H and O–H groups in total. The van der Waals surface area contributed by atoms with E-state index in [2.05, 4.69) is 15.5 Å². The number of hydrogen-bond acceptors (Lipinski definition) is 13. The van der Waals surface area contributed by atoms with Crippen molar-refractivity contribution in [2.75, 3.05) is 13.4 Å². The molecule has 3 aromatic heterocycles. The molecule has 0 unspecified atom stereocenters. The lowest BCUT2D eigenvalue weighted by Gasteiger charge is -2.24. The molecular weight excluding hydrogens is 542 g/mol. The Morgan fingerprint density at radius 3 is 2.71 bits per heavy atom. The molecule has 202 valence electrons. The maximum atomic E-state index is 13.4. The number of aliphatic hydroxyl groups excluding tert-OH is 2. The lowest BCUT2D eigenvalue weighted by molar-refractivity contribution is -0.149. The number of ether oxygens (including phenoxy) is 2. The second kappa shape index (κ2) is 12.0. The van der Waals surface area contributed by atoms with Crippen molar-refractivity contribution >= 4 is 35.4 Å². The zero-order valence-corrected chi connectivity index (χ0v) is 21.6. The van der Waals surface area contributed by atoms with Crippen molar-refractivity contribution in [2.24, 2.45) is 0 Å². The zero-order chi connectivity index (χ0) is 27.4. The zero-order valence-electron chi connectivity index (χ0n) is 20.0. The Hall–Kier alpha value is -3.44. The Labute approximate surface area is 222 Å². The fourth-order valence-corrected chi connectivity index (χ4v) is 5.08. The van der Waals surface area contributed by atoms with E-state index in [0.717, 1.165) is 35.7 Å². The average Bonchev–Trinajstić information content (AvgIpc) is 3.46. The Morgan fingerprint density at radius 2 is 2.05 bits per heavy atom. The molecule has 0 saturated carbocycles. The minimum absolute atomic E-state index is 0.0660. The summed E-state index contributed by atoms with van der Waals surface area (Å²) in [6, 6.07) is 4.80. The Kier molecular flexibility index (Phi) is 8.68. The predicted molar refractivity (Wildman–Crippen MR) is 133 cm³/mol. The Bertz CT molecular complexity index is 1410. The van der Waals surface area contributed by atoms with Crippen LogP contribution in [0.5, 0.6) is 0 Å². The number of rotatable bonds is 9. The highest BCUT2D eigenvalue weighted by molar-refractivity contribution is 7.98. The third-order valence-corrected chi connectivity index (χ3v) is 7.22. The molecule has 1 aliphatic rings. The first-order valence-electron chi connectivity index (χ1n) is 11.0. The van der Waals surface area contributed by atoms with E-state index in [1.54, 1.807) is 24.6 Å². The highest BCUT2D eigenvalue weighted by Gasteiger charge is 2.50. The number of hydrogen-bond donors (Lipinski definition) is 4. The van der Waals surface area contributed by atoms with Crippen molar-refractivity contribution in [2.45, 2.75) is 46.4 Å². The van der Waals surface area contributed by atoms with Gasteiger partial charge >= 0.3 is 11.7 Å². The lowest BCUT2D eigenvalue weighted by atomic mass is 10.0. The molecule has 4 rings (SSSR count). The molecule has 0 aromatic carbocycles. The number of H-pyrrole nitrogens is 1. The summed E-state index contributed by atoms with van der Waals surface area (Å²) in [7, 11) is 1.07. The molecule has 5 atom stereocenters. The molecule has 0 bridgehead atoms. The number of pyridine rings is 1. The van der Waals surface area contributed by atoms with Crippen LogP contribution in [0.1, 0.15) is 22.3 Å². The van der Waals surface area contributed by atoms with Gasteiger partial charge in [0.15, 0.2) is 23.1 Å². The van der Waals surface area contributed by atoms with Gasteiger partial charge < -0.3 is 29.5 Å². The molecule has 4 heterocycles. The number of nitrogens with one attached hydrogen (secondary N) is 2. The van der Waals surface area contributed by atoms with Crippen LogP contribution in [0, 0.1) is 0 Å². The molecule has 3 aromatic rings. The second-order valence-electron chi connectivity index (χ2n) is 7.91. The Balaban J connectivity index is 1.58. The maximum Gasteiger partial charge on any atom is 0.331 e. The molecular formula is C22H23N5O9S2. The predicted octanol–water partition coefficient (Wildman–Crippen LogP) is -0.475. The number of thioether (sulfide) groups is 2. The van der Waals surface area contributed by atoms with E-state index < -0.39 is 53.7 Å². The van der Waals surface area contributed by atoms with Crippen molar-refractivity contribution in [1.29, 1.82) is 0 Å². The summed E-state index contributed by atoms with van der Waals surface area (Å²) in [6.45, 7) is 0. The van der Waals surface area contributed by atoms with Crippen molar-refractivity contribution in [1.82, 2.24) is 25.0 Å². The van der Waals surface area contributed by atoms with Gasteiger partial charge in [0.1, 0.15) is 23.9 Å². The molecule has 0 spiro atoms. The summed E-state index contributed by atoms with van der Waals surface area (Å²) in [5.74, 6) is -1.32. The van der Waals surface area contributed by atoms with Crippen LogP contribution in [0.25, 0.3) is 0 Å². The van der Waals surface area contributed by atoms with Crippen molar-refractivity contribution < 1.29 is 33.8 Å². The van der Waals surface area contributed by atoms with Gasteiger partial charge in [-0.3, -0.25) is 19.1 Å². The third-order valence-electron chi connectivity index (χ3n) is 5.61. The fraction of sp³-hybridized carbons (Fsp3) is 0.364. The van der Waals surface area contributed by atoms with Crippen molar-refractivity contribution in [3.05, 3.63) is 68.8 Å². The normalized spacial score (nSPS) is 21.7. The number of amides is 1. The first-order chi connectivity index (χ1) is 18.2. The van der Waals surface area contributed by atoms with Gasteiger partial charge in [0.05, 0.1) is 17.9 Å². The summed E-state index contributed by atoms with van der Waals surface area (Å²) < 4.78 is 16.7. The van der Waals surface area contributed by atoms with Crippen LogP contribution in [-0.4, -0.2) is 79.5 Å². The van der Waals surface area contributed by atoms with E-state index in [1.165, 1.54) is 11.8 Å². The van der Waals surface area contributed by atoms with Crippen LogP contribution >= 0.6 is 23.5 Å². The molecule has 38 heavy (non-hydrogen) atoms. The van der Waals surface area contributed by atoms with Crippen LogP contribution in [0.3, 0.4) is 0 Å². The van der Waals surface area contributed by atoms with Crippen LogP contribution in [0.15, 0.2) is 60.8 Å². The molecule has 1 fully saturated rings. The van der Waals surface area contributed by atoms with Gasteiger partial charge in [-0.1, -0.05) is 23.0 Å². The smallest absolute Gasteiger partial charge is 0.331 e. The number of aliphatic hydroxyl groups is 2. The van der Waals surface area contributed by atoms with E-state index in [0.29, 0.717) is 5.03 Å². The number of carbonyl (C=O) groups excluding carboxylic acids is 2. The molecule has 16 heteroatoms. The molecule has 1 amide bonds. The molecule has 14 nitrogen and oxygen atoms in total. The molecule has 0 radical (unpaired) electrons. The van der Waals surface area contributed by atoms with E-state index in [1.807, 2.05) is 11.1 Å². The van der Waals surface area contributed by atoms with Crippen molar-refractivity contribution in [3.63, 3.8) is 0 Å². The van der Waals surface area contributed by atoms with Gasteiger partial charge in [0, 0.05) is 18.5 Å². The molecule has 1 aliphatic heterocycles. The minimum Gasteiger partial charge on any atom is -0.467 e. The summed E-state index contributed by atoms with van der Waals surface area (Å²) in [5.41, 5.74) is -1.51. The van der Waals surface area contributed by atoms with E-state index in [-0.39, 0.29) is 22.1 Å². The first-order valence-corrected chi connectivity index (χ1v) is 13.2. The molecule has 1 saturated heterocycles. The highest BCUT2D eigenvalue weighted by Crippen LogP contribution is 2.32. The van der Waals surface area contributed by atoms with Gasteiger partial charge in [-0.05, 0) is 18.4 Å². The summed E-state index contributed by atoms with van der Waals surface area (Å²) >= 11 is 2.45. The number of aromatic nitrogens is 4. The van der Waals surface area contributed by atoms with E-state index in [9.17, 15) is 29.4 Å². The first kappa shape index (κ1) is 27.6. The highest BCUT2D eigenvalue weighted by atomic mass is 32.2. The van der Waals surface area contributed by atoms with Gasteiger partial charge in [-0.25, -0.2) is 14.6 Å². The summed E-state index contributed by atoms with van der Waals surface area (Å²) in [6.07, 6.45) is -2.00. The topological polar surface area (TPSA) is 199 Å². The molecule has 0 aliphatic carbocycles. The van der Waals surface area contributed by atoms with Crippen molar-refractivity contribution in [3.8, 4) is 0 Å². The van der Waals surface area contributed by atoms with E-state index in [4.69, 9.17) is 14.0 Å². The van der Waals surface area contributed by atoms with Crippen LogP contribution in [0.4, 0.5) is 0 Å². The van der Waals surface area contributed by atoms with Crippen LogP contribution in [-0.2, 0) is 20.0 Å². The quantitative estimate of drug-likeness (QED) is 0.192. The number of nitrogens with zero attached hydrogens (tertiary/aromatic N) is 3. The summed E-state index contributed by atoms with van der Waals surface area (Å²) in [4.78, 5) is 55.9. The second-order valence-corrected chi connectivity index (χ2v) is 9.70. The Morgan fingerprint density at radius 1 is 1.26 bits per heavy atom. The van der Waals surface area contributed by atoms with Crippen LogP contribution in [0.2, 0.25) is 0 Å². The van der Waals surface area contributed by atoms with Gasteiger partial charge in [0.25, 0.3) is 11.5 Å². The van der Waals surface area contributed by atoms with Crippen LogP contribution < -0.4 is 16.6 Å². The third kappa shape index (κ3) is 5.68. The minimum atomic E-state index is -1.72. The lowest BCUT2D eigenvalue weighted by Crippen LogP contribution is -2.53. The van der Waals surface area contributed by atoms with Gasteiger partial charge in [-0.2, -0.15) is 0 Å². The largest absolute Gasteiger partial charge is 0.467 e. The SMILES string of the molecule is COC(=O)[C@@H](NC(=O)c1c(SC)noc1CSc1ccccn1)[C@H]1O[C@@H](n2ccc(=O)[nH]c2=O)[C@H](O)[C@@H]1O. The summed E-state index contributed by atoms with van der Waals surface area (Å²) in [5, 5.41) is 28.6. The number of aromatic amines is 1. The fourth-order valence-electron chi connectivity index (χ4n) is 3.77. The van der Waals surface area contributed by atoms with Gasteiger partial charge in [-0.15, -0.1) is 11.8 Å². The standard InChI is InChI=1S/C22H23N5O9S2/c1-34-21(32)14(17-15(29)16(30)20(35-17)27-8-6-11(28)24-22(27)33)25-18(31)13-10(36-26-19(13)37-2)9-38-12-5-3-4-7-23-12/h3-8,14-17,20,29-30H,9H2,1-2H3,(H,25,31)(H,24,28,33)/t14-,15-,16+,17+,20+/m0/s1. The van der Waals surface area contributed by atoms with Gasteiger partial charge in [0.2, 0.25) is 0 Å². The number of carbonyl (C=O) groups is 2. The number of methoxy groups -OCH3 is 1. The monoisotopic (exact) mass is 565 g/mol. The number of esters is 1. The average molecular weight is 566 g/mol. The van der Waals surface area contributed by atoms with E-state index >= 15 is 0 Å².